The van der Waals surface area contributed by atoms with Gasteiger partial charge >= 0.3 is 0 Å². The Morgan fingerprint density at radius 1 is 1.25 bits per heavy atom. The number of hydrogen-bond acceptors (Lipinski definition) is 2. The Labute approximate surface area is 74.9 Å². The third-order valence-electron chi connectivity index (χ3n) is 2.61. The predicted octanol–water partition coefficient (Wildman–Crippen LogP) is 1.96. The number of ether oxygens (including phenoxy) is 1. The average molecular weight is 172 g/mol. The molecule has 2 heteroatoms. The SMILES string of the molecule is CCCO[C@H]1CC[C@H](CO)CC1. The molecule has 72 valence electrons. The smallest absolute Gasteiger partial charge is 0.0575 e. The first-order valence-electron chi connectivity index (χ1n) is 5.09. The van der Waals surface area contributed by atoms with Gasteiger partial charge in [0.2, 0.25) is 0 Å². The second-order valence-electron chi connectivity index (χ2n) is 3.70. The van der Waals surface area contributed by atoms with Crippen LogP contribution < -0.4 is 0 Å². The Balaban J connectivity index is 2.09. The normalized spacial score (nSPS) is 30.5. The summed E-state index contributed by atoms with van der Waals surface area (Å²) < 4.78 is 5.64. The molecule has 0 heterocycles. The Bertz CT molecular complexity index is 106. The molecule has 0 bridgehead atoms. The minimum Gasteiger partial charge on any atom is -0.396 e. The molecular weight excluding hydrogens is 152 g/mol. The van der Waals surface area contributed by atoms with E-state index in [4.69, 9.17) is 9.84 Å². The standard InChI is InChI=1S/C10H20O2/c1-2-7-12-10-5-3-9(8-11)4-6-10/h9-11H,2-8H2,1H3/t9-,10-. The fourth-order valence-corrected chi connectivity index (χ4v) is 1.77. The summed E-state index contributed by atoms with van der Waals surface area (Å²) in [6.07, 6.45) is 6.17. The van der Waals surface area contributed by atoms with Crippen LogP contribution >= 0.6 is 0 Å². The molecule has 0 aromatic carbocycles. The molecule has 0 aliphatic heterocycles. The van der Waals surface area contributed by atoms with Gasteiger partial charge in [-0.05, 0) is 38.0 Å². The second-order valence-corrected chi connectivity index (χ2v) is 3.70. The van der Waals surface area contributed by atoms with E-state index in [9.17, 15) is 0 Å². The van der Waals surface area contributed by atoms with Crippen LogP contribution in [-0.4, -0.2) is 24.4 Å². The lowest BCUT2D eigenvalue weighted by Gasteiger charge is -2.27. The van der Waals surface area contributed by atoms with Crippen molar-refractivity contribution < 1.29 is 9.84 Å². The molecule has 0 spiro atoms. The topological polar surface area (TPSA) is 29.5 Å². The number of aliphatic hydroxyl groups is 1. The highest BCUT2D eigenvalue weighted by Gasteiger charge is 2.20. The van der Waals surface area contributed by atoms with Gasteiger partial charge in [0, 0.05) is 13.2 Å². The molecule has 1 saturated carbocycles. The minimum atomic E-state index is 0.362. The van der Waals surface area contributed by atoms with E-state index < -0.39 is 0 Å². The lowest BCUT2D eigenvalue weighted by molar-refractivity contribution is 0.0117. The summed E-state index contributed by atoms with van der Waals surface area (Å²) >= 11 is 0. The lowest BCUT2D eigenvalue weighted by Crippen LogP contribution is -2.23. The van der Waals surface area contributed by atoms with Crippen molar-refractivity contribution in [3.8, 4) is 0 Å². The van der Waals surface area contributed by atoms with Crippen molar-refractivity contribution in [1.82, 2.24) is 0 Å². The van der Waals surface area contributed by atoms with E-state index in [1.165, 1.54) is 0 Å². The molecule has 12 heavy (non-hydrogen) atoms. The van der Waals surface area contributed by atoms with Gasteiger partial charge in [0.25, 0.3) is 0 Å². The summed E-state index contributed by atoms with van der Waals surface area (Å²) in [7, 11) is 0. The molecule has 0 aromatic heterocycles. The first-order chi connectivity index (χ1) is 5.86. The third kappa shape index (κ3) is 3.11. The molecule has 0 unspecified atom stereocenters. The Kier molecular flexibility index (Phi) is 4.62. The largest absolute Gasteiger partial charge is 0.396 e. The molecule has 1 fully saturated rings. The Morgan fingerprint density at radius 2 is 1.92 bits per heavy atom. The van der Waals surface area contributed by atoms with Gasteiger partial charge < -0.3 is 9.84 Å². The Hall–Kier alpha value is -0.0800. The maximum absolute atomic E-state index is 8.91. The van der Waals surface area contributed by atoms with Crippen molar-refractivity contribution in [3.63, 3.8) is 0 Å². The molecular formula is C10H20O2. The van der Waals surface area contributed by atoms with E-state index in [-0.39, 0.29) is 0 Å². The quantitative estimate of drug-likeness (QED) is 0.702. The van der Waals surface area contributed by atoms with Crippen LogP contribution in [0.2, 0.25) is 0 Å². The zero-order valence-electron chi connectivity index (χ0n) is 7.96. The first-order valence-corrected chi connectivity index (χ1v) is 5.09. The van der Waals surface area contributed by atoms with Gasteiger partial charge in [-0.1, -0.05) is 6.92 Å². The van der Waals surface area contributed by atoms with Crippen molar-refractivity contribution in [2.75, 3.05) is 13.2 Å². The molecule has 2 nitrogen and oxygen atoms in total. The van der Waals surface area contributed by atoms with Crippen LogP contribution in [0.25, 0.3) is 0 Å². The molecule has 0 saturated heterocycles. The molecule has 1 N–H and O–H groups in total. The minimum absolute atomic E-state index is 0.362. The fraction of sp³-hybridized carbons (Fsp3) is 1.00. The van der Waals surface area contributed by atoms with Gasteiger partial charge in [-0.25, -0.2) is 0 Å². The van der Waals surface area contributed by atoms with E-state index in [0.717, 1.165) is 38.7 Å². The first kappa shape index (κ1) is 10.0. The third-order valence-corrected chi connectivity index (χ3v) is 2.61. The summed E-state index contributed by atoms with van der Waals surface area (Å²) in [5.74, 6) is 0.548. The second kappa shape index (κ2) is 5.55. The van der Waals surface area contributed by atoms with Crippen LogP contribution in [0.4, 0.5) is 0 Å². The summed E-state index contributed by atoms with van der Waals surface area (Å²) in [6, 6.07) is 0. The molecule has 0 radical (unpaired) electrons. The van der Waals surface area contributed by atoms with Gasteiger partial charge in [0.05, 0.1) is 6.10 Å². The van der Waals surface area contributed by atoms with E-state index >= 15 is 0 Å². The average Bonchev–Trinajstić information content (AvgIpc) is 2.15. The Morgan fingerprint density at radius 3 is 2.42 bits per heavy atom. The van der Waals surface area contributed by atoms with Crippen molar-refractivity contribution in [2.45, 2.75) is 45.1 Å². The van der Waals surface area contributed by atoms with E-state index in [1.807, 2.05) is 0 Å². The van der Waals surface area contributed by atoms with Crippen molar-refractivity contribution in [2.24, 2.45) is 5.92 Å². The van der Waals surface area contributed by atoms with E-state index in [2.05, 4.69) is 6.92 Å². The van der Waals surface area contributed by atoms with Crippen LogP contribution in [0.15, 0.2) is 0 Å². The highest BCUT2D eigenvalue weighted by Crippen LogP contribution is 2.25. The van der Waals surface area contributed by atoms with Crippen molar-refractivity contribution >= 4 is 0 Å². The summed E-state index contributed by atoms with van der Waals surface area (Å²) in [4.78, 5) is 0. The fourth-order valence-electron chi connectivity index (χ4n) is 1.77. The van der Waals surface area contributed by atoms with E-state index in [0.29, 0.717) is 18.6 Å². The highest BCUT2D eigenvalue weighted by molar-refractivity contribution is 4.71. The summed E-state index contributed by atoms with van der Waals surface area (Å²) in [5.41, 5.74) is 0. The van der Waals surface area contributed by atoms with Crippen LogP contribution in [0.5, 0.6) is 0 Å². The molecule has 1 aliphatic carbocycles. The number of aliphatic hydroxyl groups excluding tert-OH is 1. The molecule has 1 aliphatic rings. The van der Waals surface area contributed by atoms with Gasteiger partial charge in [-0.3, -0.25) is 0 Å². The summed E-state index contributed by atoms with van der Waals surface area (Å²) in [6.45, 7) is 3.40. The van der Waals surface area contributed by atoms with Crippen molar-refractivity contribution in [3.05, 3.63) is 0 Å². The number of rotatable bonds is 4. The van der Waals surface area contributed by atoms with Crippen LogP contribution in [0.3, 0.4) is 0 Å². The van der Waals surface area contributed by atoms with Crippen molar-refractivity contribution in [1.29, 1.82) is 0 Å². The van der Waals surface area contributed by atoms with Gasteiger partial charge in [-0.2, -0.15) is 0 Å². The maximum atomic E-state index is 8.91. The van der Waals surface area contributed by atoms with Gasteiger partial charge in [-0.15, -0.1) is 0 Å². The van der Waals surface area contributed by atoms with Crippen LogP contribution in [0, 0.1) is 5.92 Å². The zero-order chi connectivity index (χ0) is 8.81. The summed E-state index contributed by atoms with van der Waals surface area (Å²) in [5, 5.41) is 8.91. The zero-order valence-corrected chi connectivity index (χ0v) is 7.96. The molecule has 0 amide bonds. The monoisotopic (exact) mass is 172 g/mol. The van der Waals surface area contributed by atoms with E-state index in [1.54, 1.807) is 0 Å². The molecule has 1 rings (SSSR count). The van der Waals surface area contributed by atoms with Gasteiger partial charge in [0.15, 0.2) is 0 Å². The molecule has 0 atom stereocenters. The maximum Gasteiger partial charge on any atom is 0.0575 e. The van der Waals surface area contributed by atoms with Crippen LogP contribution in [0.1, 0.15) is 39.0 Å². The lowest BCUT2D eigenvalue weighted by atomic mass is 9.88. The van der Waals surface area contributed by atoms with Crippen LogP contribution in [-0.2, 0) is 4.74 Å². The predicted molar refractivity (Wildman–Crippen MR) is 49.1 cm³/mol. The highest BCUT2D eigenvalue weighted by atomic mass is 16.5. The van der Waals surface area contributed by atoms with Gasteiger partial charge in [0.1, 0.15) is 0 Å². The number of hydrogen-bond donors (Lipinski definition) is 1. The molecule has 0 aromatic rings.